The zero-order valence-electron chi connectivity index (χ0n) is 12.4. The first-order valence-electron chi connectivity index (χ1n) is 7.60. The van der Waals surface area contributed by atoms with Gasteiger partial charge >= 0.3 is 0 Å². The molecule has 6 nitrogen and oxygen atoms in total. The van der Waals surface area contributed by atoms with E-state index in [-0.39, 0.29) is 18.4 Å². The lowest BCUT2D eigenvalue weighted by atomic mass is 9.93. The van der Waals surface area contributed by atoms with E-state index >= 15 is 0 Å². The van der Waals surface area contributed by atoms with Gasteiger partial charge in [-0.25, -0.2) is 0 Å². The van der Waals surface area contributed by atoms with E-state index < -0.39 is 0 Å². The molecule has 0 unspecified atom stereocenters. The largest absolute Gasteiger partial charge is 0.353 e. The van der Waals surface area contributed by atoms with Crippen molar-refractivity contribution in [2.75, 3.05) is 52.9 Å². The zero-order chi connectivity index (χ0) is 14.4. The number of likely N-dealkylation sites (tertiary alicyclic amines) is 1. The van der Waals surface area contributed by atoms with Gasteiger partial charge in [-0.05, 0) is 51.9 Å². The number of piperidine rings is 1. The Kier molecular flexibility index (Phi) is 5.79. The van der Waals surface area contributed by atoms with E-state index in [1.165, 1.54) is 19.3 Å². The van der Waals surface area contributed by atoms with Gasteiger partial charge in [-0.2, -0.15) is 0 Å². The quantitative estimate of drug-likeness (QED) is 0.697. The van der Waals surface area contributed by atoms with Crippen LogP contribution in [-0.4, -0.2) is 74.5 Å². The van der Waals surface area contributed by atoms with Crippen LogP contribution in [0.2, 0.25) is 0 Å². The van der Waals surface area contributed by atoms with Crippen molar-refractivity contribution in [3.05, 3.63) is 0 Å². The number of hydrogen-bond acceptors (Lipinski definition) is 4. The van der Waals surface area contributed by atoms with Crippen molar-refractivity contribution in [1.82, 2.24) is 20.4 Å². The molecule has 0 radical (unpaired) electrons. The average molecular weight is 282 g/mol. The topological polar surface area (TPSA) is 64.7 Å². The van der Waals surface area contributed by atoms with Gasteiger partial charge in [-0.1, -0.05) is 0 Å². The van der Waals surface area contributed by atoms with Crippen molar-refractivity contribution in [3.63, 3.8) is 0 Å². The minimum atomic E-state index is -0.0460. The van der Waals surface area contributed by atoms with Crippen LogP contribution in [0.3, 0.4) is 0 Å². The number of amides is 2. The van der Waals surface area contributed by atoms with Crippen molar-refractivity contribution < 1.29 is 9.59 Å². The maximum atomic E-state index is 12.2. The van der Waals surface area contributed by atoms with Crippen molar-refractivity contribution in [2.24, 2.45) is 5.92 Å². The molecule has 20 heavy (non-hydrogen) atoms. The summed E-state index contributed by atoms with van der Waals surface area (Å²) in [6, 6.07) is 0. The maximum Gasteiger partial charge on any atom is 0.239 e. The van der Waals surface area contributed by atoms with E-state index in [0.29, 0.717) is 19.6 Å². The Balaban J connectivity index is 1.69. The van der Waals surface area contributed by atoms with Gasteiger partial charge in [0, 0.05) is 13.1 Å². The Morgan fingerprint density at radius 3 is 2.75 bits per heavy atom. The highest BCUT2D eigenvalue weighted by Gasteiger charge is 2.25. The molecule has 0 aromatic heterocycles. The summed E-state index contributed by atoms with van der Waals surface area (Å²) in [5.41, 5.74) is 0. The van der Waals surface area contributed by atoms with E-state index in [1.54, 1.807) is 4.90 Å². The van der Waals surface area contributed by atoms with Crippen LogP contribution in [0.4, 0.5) is 0 Å². The molecular formula is C14H26N4O2. The van der Waals surface area contributed by atoms with Crippen LogP contribution in [0, 0.1) is 5.92 Å². The van der Waals surface area contributed by atoms with Crippen molar-refractivity contribution in [1.29, 1.82) is 0 Å². The molecule has 2 rings (SSSR count). The maximum absolute atomic E-state index is 12.2. The monoisotopic (exact) mass is 282 g/mol. The molecule has 2 aliphatic heterocycles. The minimum Gasteiger partial charge on any atom is -0.353 e. The molecule has 0 atom stereocenters. The summed E-state index contributed by atoms with van der Waals surface area (Å²) < 4.78 is 0. The van der Waals surface area contributed by atoms with Gasteiger partial charge in [0.1, 0.15) is 0 Å². The summed E-state index contributed by atoms with van der Waals surface area (Å²) in [5.74, 6) is 0.832. The third kappa shape index (κ3) is 4.45. The molecule has 0 aromatic carbocycles. The zero-order valence-corrected chi connectivity index (χ0v) is 12.4. The molecular weight excluding hydrogens is 256 g/mol. The molecule has 0 aliphatic carbocycles. The Morgan fingerprint density at radius 2 is 2.10 bits per heavy atom. The Labute approximate surface area is 120 Å². The first-order chi connectivity index (χ1) is 9.69. The molecule has 0 bridgehead atoms. The Morgan fingerprint density at radius 1 is 1.35 bits per heavy atom. The number of nitrogens with zero attached hydrogens (tertiary/aromatic N) is 2. The standard InChI is InChI=1S/C14H26N4O2/c1-15-5-2-12-3-7-17(8-4-12)11-14(20)18-9-6-16-13(19)10-18/h12,15H,2-11H2,1H3,(H,16,19). The highest BCUT2D eigenvalue weighted by Crippen LogP contribution is 2.19. The van der Waals surface area contributed by atoms with Crippen LogP contribution in [0.5, 0.6) is 0 Å². The number of rotatable bonds is 5. The smallest absolute Gasteiger partial charge is 0.239 e. The van der Waals surface area contributed by atoms with Gasteiger partial charge < -0.3 is 15.5 Å². The van der Waals surface area contributed by atoms with Crippen molar-refractivity contribution in [2.45, 2.75) is 19.3 Å². The van der Waals surface area contributed by atoms with E-state index in [1.807, 2.05) is 7.05 Å². The number of hydrogen-bond donors (Lipinski definition) is 2. The summed E-state index contributed by atoms with van der Waals surface area (Å²) in [7, 11) is 1.99. The van der Waals surface area contributed by atoms with Crippen LogP contribution in [0.25, 0.3) is 0 Å². The molecule has 2 fully saturated rings. The van der Waals surface area contributed by atoms with Crippen molar-refractivity contribution >= 4 is 11.8 Å². The fraction of sp³-hybridized carbons (Fsp3) is 0.857. The van der Waals surface area contributed by atoms with Gasteiger partial charge in [0.15, 0.2) is 0 Å². The van der Waals surface area contributed by atoms with Crippen LogP contribution >= 0.6 is 0 Å². The van der Waals surface area contributed by atoms with Gasteiger partial charge in [0.05, 0.1) is 13.1 Å². The number of nitrogens with one attached hydrogen (secondary N) is 2. The molecule has 0 saturated carbocycles. The molecule has 2 amide bonds. The number of carbonyl (C=O) groups is 2. The summed E-state index contributed by atoms with van der Waals surface area (Å²) >= 11 is 0. The lowest BCUT2D eigenvalue weighted by Crippen LogP contribution is -2.52. The van der Waals surface area contributed by atoms with Crippen LogP contribution in [0.1, 0.15) is 19.3 Å². The Hall–Kier alpha value is -1.14. The summed E-state index contributed by atoms with van der Waals surface area (Å²) in [6.45, 7) is 4.98. The van der Waals surface area contributed by atoms with Gasteiger partial charge in [0.2, 0.25) is 11.8 Å². The minimum absolute atomic E-state index is 0.0460. The van der Waals surface area contributed by atoms with E-state index in [2.05, 4.69) is 15.5 Å². The molecule has 114 valence electrons. The predicted octanol–water partition coefficient (Wildman–Crippen LogP) is -0.734. The van der Waals surface area contributed by atoms with Gasteiger partial charge in [-0.15, -0.1) is 0 Å². The molecule has 2 saturated heterocycles. The lowest BCUT2D eigenvalue weighted by molar-refractivity contribution is -0.139. The summed E-state index contributed by atoms with van der Waals surface area (Å²) in [4.78, 5) is 27.3. The second kappa shape index (κ2) is 7.59. The predicted molar refractivity (Wildman–Crippen MR) is 77.3 cm³/mol. The number of piperazine rings is 1. The highest BCUT2D eigenvalue weighted by molar-refractivity contribution is 5.86. The van der Waals surface area contributed by atoms with E-state index in [0.717, 1.165) is 25.6 Å². The Bertz CT molecular complexity index is 340. The third-order valence-corrected chi connectivity index (χ3v) is 4.26. The van der Waals surface area contributed by atoms with Gasteiger partial charge in [-0.3, -0.25) is 14.5 Å². The highest BCUT2D eigenvalue weighted by atomic mass is 16.2. The van der Waals surface area contributed by atoms with E-state index in [4.69, 9.17) is 0 Å². The fourth-order valence-electron chi connectivity index (χ4n) is 2.92. The fourth-order valence-corrected chi connectivity index (χ4v) is 2.92. The SMILES string of the molecule is CNCCC1CCN(CC(=O)N2CCNC(=O)C2)CC1. The molecule has 2 aliphatic rings. The lowest BCUT2D eigenvalue weighted by Gasteiger charge is -2.34. The molecule has 0 spiro atoms. The van der Waals surface area contributed by atoms with E-state index in [9.17, 15) is 9.59 Å². The van der Waals surface area contributed by atoms with Crippen molar-refractivity contribution in [3.8, 4) is 0 Å². The second-order valence-corrected chi connectivity index (χ2v) is 5.78. The normalized spacial score (nSPS) is 21.9. The van der Waals surface area contributed by atoms with Gasteiger partial charge in [0.25, 0.3) is 0 Å². The first kappa shape index (κ1) is 15.3. The third-order valence-electron chi connectivity index (χ3n) is 4.26. The summed E-state index contributed by atoms with van der Waals surface area (Å²) in [5, 5.41) is 5.94. The molecule has 6 heteroatoms. The second-order valence-electron chi connectivity index (χ2n) is 5.78. The van der Waals surface area contributed by atoms with Crippen LogP contribution < -0.4 is 10.6 Å². The molecule has 2 N–H and O–H groups in total. The molecule has 0 aromatic rings. The molecule has 2 heterocycles. The van der Waals surface area contributed by atoms with Crippen LogP contribution in [-0.2, 0) is 9.59 Å². The first-order valence-corrected chi connectivity index (χ1v) is 7.60. The average Bonchev–Trinajstić information content (AvgIpc) is 2.46. The number of carbonyl (C=O) groups excluding carboxylic acids is 2. The summed E-state index contributed by atoms with van der Waals surface area (Å²) in [6.07, 6.45) is 3.58. The van der Waals surface area contributed by atoms with Crippen LogP contribution in [0.15, 0.2) is 0 Å².